The molecule has 0 saturated heterocycles. The molecule has 0 atom stereocenters. The smallest absolute Gasteiger partial charge is 0.321 e. The number of nitrogens with zero attached hydrogens (tertiary/aromatic N) is 1. The van der Waals surface area contributed by atoms with E-state index in [1.165, 1.54) is 0 Å². The minimum absolute atomic E-state index is 0.155. The number of carbonyl (C=O) groups is 1. The first-order valence-electron chi connectivity index (χ1n) is 6.48. The van der Waals surface area contributed by atoms with Gasteiger partial charge in [-0.05, 0) is 30.7 Å². The van der Waals surface area contributed by atoms with E-state index in [2.05, 4.69) is 5.32 Å². The van der Waals surface area contributed by atoms with Crippen LogP contribution >= 0.6 is 0 Å². The molecule has 0 fully saturated rings. The van der Waals surface area contributed by atoms with Gasteiger partial charge in [-0.1, -0.05) is 35.9 Å². The van der Waals surface area contributed by atoms with Crippen LogP contribution in [0.1, 0.15) is 11.1 Å². The standard InChI is InChI=1S/C16H19N3O/c1-12-7-9-14(10-8-12)18-16(20)19(2)11-13-5-3-4-6-15(13)17/h3-10H,11,17H2,1-2H3,(H,18,20). The summed E-state index contributed by atoms with van der Waals surface area (Å²) >= 11 is 0. The van der Waals surface area contributed by atoms with Gasteiger partial charge in [0.1, 0.15) is 0 Å². The average molecular weight is 269 g/mol. The fourth-order valence-corrected chi connectivity index (χ4v) is 1.86. The van der Waals surface area contributed by atoms with E-state index in [1.807, 2.05) is 55.5 Å². The Morgan fingerprint density at radius 1 is 1.15 bits per heavy atom. The highest BCUT2D eigenvalue weighted by atomic mass is 16.2. The van der Waals surface area contributed by atoms with Gasteiger partial charge in [0.25, 0.3) is 0 Å². The summed E-state index contributed by atoms with van der Waals surface area (Å²) in [5.41, 5.74) is 9.46. The minimum Gasteiger partial charge on any atom is -0.398 e. The number of hydrogen-bond donors (Lipinski definition) is 2. The van der Waals surface area contributed by atoms with Crippen molar-refractivity contribution in [3.63, 3.8) is 0 Å². The number of aryl methyl sites for hydroxylation is 1. The first-order valence-corrected chi connectivity index (χ1v) is 6.48. The van der Waals surface area contributed by atoms with Crippen LogP contribution < -0.4 is 11.1 Å². The van der Waals surface area contributed by atoms with Crippen LogP contribution in [0.5, 0.6) is 0 Å². The number of para-hydroxylation sites is 1. The molecule has 4 nitrogen and oxygen atoms in total. The Morgan fingerprint density at radius 2 is 1.80 bits per heavy atom. The lowest BCUT2D eigenvalue weighted by Gasteiger charge is -2.19. The zero-order valence-electron chi connectivity index (χ0n) is 11.8. The summed E-state index contributed by atoms with van der Waals surface area (Å²) in [7, 11) is 1.75. The Bertz CT molecular complexity index is 593. The molecular weight excluding hydrogens is 250 g/mol. The second-order valence-electron chi connectivity index (χ2n) is 4.85. The van der Waals surface area contributed by atoms with E-state index in [4.69, 9.17) is 5.73 Å². The van der Waals surface area contributed by atoms with Gasteiger partial charge in [-0.15, -0.1) is 0 Å². The lowest BCUT2D eigenvalue weighted by Crippen LogP contribution is -2.31. The minimum atomic E-state index is -0.155. The van der Waals surface area contributed by atoms with Crippen molar-refractivity contribution in [2.24, 2.45) is 0 Å². The van der Waals surface area contributed by atoms with Crippen molar-refractivity contribution in [1.29, 1.82) is 0 Å². The molecule has 0 saturated carbocycles. The van der Waals surface area contributed by atoms with E-state index in [0.717, 1.165) is 16.8 Å². The molecular formula is C16H19N3O. The predicted octanol–water partition coefficient (Wildman–Crippen LogP) is 3.24. The van der Waals surface area contributed by atoms with Crippen molar-refractivity contribution in [2.75, 3.05) is 18.1 Å². The van der Waals surface area contributed by atoms with Gasteiger partial charge >= 0.3 is 6.03 Å². The molecule has 2 rings (SSSR count). The maximum atomic E-state index is 12.1. The average Bonchev–Trinajstić information content (AvgIpc) is 2.44. The fraction of sp³-hybridized carbons (Fsp3) is 0.188. The molecule has 0 heterocycles. The van der Waals surface area contributed by atoms with Crippen molar-refractivity contribution < 1.29 is 4.79 Å². The van der Waals surface area contributed by atoms with Crippen molar-refractivity contribution in [2.45, 2.75) is 13.5 Å². The summed E-state index contributed by atoms with van der Waals surface area (Å²) in [6.07, 6.45) is 0. The highest BCUT2D eigenvalue weighted by molar-refractivity contribution is 5.89. The van der Waals surface area contributed by atoms with Crippen molar-refractivity contribution in [1.82, 2.24) is 4.90 Å². The number of nitrogens with two attached hydrogens (primary N) is 1. The molecule has 2 amide bonds. The van der Waals surface area contributed by atoms with Crippen LogP contribution in [0.2, 0.25) is 0 Å². The van der Waals surface area contributed by atoms with E-state index in [1.54, 1.807) is 11.9 Å². The normalized spacial score (nSPS) is 10.1. The van der Waals surface area contributed by atoms with Crippen LogP contribution in [0.15, 0.2) is 48.5 Å². The first-order chi connectivity index (χ1) is 9.56. The van der Waals surface area contributed by atoms with E-state index >= 15 is 0 Å². The molecule has 2 aromatic carbocycles. The molecule has 0 aliphatic rings. The van der Waals surface area contributed by atoms with Crippen LogP contribution in [-0.2, 0) is 6.54 Å². The van der Waals surface area contributed by atoms with Crippen molar-refractivity contribution in [3.05, 3.63) is 59.7 Å². The van der Waals surface area contributed by atoms with E-state index in [9.17, 15) is 4.79 Å². The van der Waals surface area contributed by atoms with Crippen molar-refractivity contribution >= 4 is 17.4 Å². The molecule has 104 valence electrons. The topological polar surface area (TPSA) is 58.4 Å². The molecule has 20 heavy (non-hydrogen) atoms. The highest BCUT2D eigenvalue weighted by Crippen LogP contribution is 2.14. The number of anilines is 2. The summed E-state index contributed by atoms with van der Waals surface area (Å²) in [6, 6.07) is 15.1. The zero-order chi connectivity index (χ0) is 14.5. The quantitative estimate of drug-likeness (QED) is 0.840. The molecule has 3 N–H and O–H groups in total. The Kier molecular flexibility index (Phi) is 4.25. The third-order valence-corrected chi connectivity index (χ3v) is 3.11. The second-order valence-corrected chi connectivity index (χ2v) is 4.85. The molecule has 0 aliphatic heterocycles. The van der Waals surface area contributed by atoms with Gasteiger partial charge in [0.05, 0.1) is 0 Å². The van der Waals surface area contributed by atoms with Gasteiger partial charge in [0.2, 0.25) is 0 Å². The number of hydrogen-bond acceptors (Lipinski definition) is 2. The number of amides is 2. The van der Waals surface area contributed by atoms with Gasteiger partial charge in [-0.25, -0.2) is 4.79 Å². The molecule has 0 spiro atoms. The third kappa shape index (κ3) is 3.51. The van der Waals surface area contributed by atoms with Crippen LogP contribution in [-0.4, -0.2) is 18.0 Å². The van der Waals surface area contributed by atoms with Gasteiger partial charge in [0.15, 0.2) is 0 Å². The van der Waals surface area contributed by atoms with Gasteiger partial charge in [-0.3, -0.25) is 0 Å². The van der Waals surface area contributed by atoms with E-state index < -0.39 is 0 Å². The SMILES string of the molecule is Cc1ccc(NC(=O)N(C)Cc2ccccc2N)cc1. The molecule has 2 aromatic rings. The number of nitrogens with one attached hydrogen (secondary N) is 1. The number of nitrogen functional groups attached to an aromatic ring is 1. The van der Waals surface area contributed by atoms with Crippen molar-refractivity contribution in [3.8, 4) is 0 Å². The summed E-state index contributed by atoms with van der Waals surface area (Å²) in [6.45, 7) is 2.49. The molecule has 0 aromatic heterocycles. The predicted molar refractivity (Wildman–Crippen MR) is 82.5 cm³/mol. The number of carbonyl (C=O) groups excluding carboxylic acids is 1. The van der Waals surface area contributed by atoms with Crippen LogP contribution in [0, 0.1) is 6.92 Å². The van der Waals surface area contributed by atoms with Gasteiger partial charge in [-0.2, -0.15) is 0 Å². The summed E-state index contributed by atoms with van der Waals surface area (Å²) < 4.78 is 0. The zero-order valence-corrected chi connectivity index (χ0v) is 11.8. The molecule has 0 unspecified atom stereocenters. The molecule has 0 radical (unpaired) electrons. The van der Waals surface area contributed by atoms with Crippen LogP contribution in [0.3, 0.4) is 0 Å². The largest absolute Gasteiger partial charge is 0.398 e. The lowest BCUT2D eigenvalue weighted by molar-refractivity contribution is 0.221. The summed E-state index contributed by atoms with van der Waals surface area (Å²) in [4.78, 5) is 13.7. The Morgan fingerprint density at radius 3 is 2.45 bits per heavy atom. The maximum Gasteiger partial charge on any atom is 0.321 e. The Balaban J connectivity index is 1.99. The number of urea groups is 1. The Hall–Kier alpha value is -2.49. The van der Waals surface area contributed by atoms with Crippen LogP contribution in [0.25, 0.3) is 0 Å². The summed E-state index contributed by atoms with van der Waals surface area (Å²) in [5.74, 6) is 0. The second kappa shape index (κ2) is 6.10. The maximum absolute atomic E-state index is 12.1. The summed E-state index contributed by atoms with van der Waals surface area (Å²) in [5, 5.41) is 2.85. The van der Waals surface area contributed by atoms with Crippen LogP contribution in [0.4, 0.5) is 16.2 Å². The molecule has 0 bridgehead atoms. The number of rotatable bonds is 3. The first kappa shape index (κ1) is 13.9. The Labute approximate surface area is 119 Å². The van der Waals surface area contributed by atoms with Gasteiger partial charge < -0.3 is 16.0 Å². The lowest BCUT2D eigenvalue weighted by atomic mass is 10.2. The fourth-order valence-electron chi connectivity index (χ4n) is 1.86. The highest BCUT2D eigenvalue weighted by Gasteiger charge is 2.10. The van der Waals surface area contributed by atoms with E-state index in [0.29, 0.717) is 12.2 Å². The monoisotopic (exact) mass is 269 g/mol. The van der Waals surface area contributed by atoms with Gasteiger partial charge in [0, 0.05) is 25.0 Å². The third-order valence-electron chi connectivity index (χ3n) is 3.11. The number of benzene rings is 2. The molecule has 4 heteroatoms. The van der Waals surface area contributed by atoms with E-state index in [-0.39, 0.29) is 6.03 Å². The molecule has 0 aliphatic carbocycles.